The van der Waals surface area contributed by atoms with E-state index in [1.807, 2.05) is 14.0 Å². The number of rotatable bonds is 3. The van der Waals surface area contributed by atoms with Gasteiger partial charge in [0.15, 0.2) is 0 Å². The highest BCUT2D eigenvalue weighted by molar-refractivity contribution is 5.03. The molecule has 0 radical (unpaired) electrons. The predicted octanol–water partition coefficient (Wildman–Crippen LogP) is 0.757. The third-order valence-electron chi connectivity index (χ3n) is 2.82. The molecule has 0 saturated heterocycles. The second-order valence-electron chi connectivity index (χ2n) is 3.86. The average molecular weight is 143 g/mol. The van der Waals surface area contributed by atoms with Crippen LogP contribution in [-0.4, -0.2) is 24.3 Å². The van der Waals surface area contributed by atoms with Gasteiger partial charge in [-0.2, -0.15) is 0 Å². The Bertz CT molecular complexity index is 127. The van der Waals surface area contributed by atoms with Crippen LogP contribution in [0.4, 0.5) is 0 Å². The van der Waals surface area contributed by atoms with Crippen LogP contribution < -0.4 is 5.32 Å². The Kier molecular flexibility index (Phi) is 1.77. The molecule has 0 aromatic carbocycles. The molecule has 1 rings (SSSR count). The van der Waals surface area contributed by atoms with E-state index in [0.717, 1.165) is 0 Å². The van der Waals surface area contributed by atoms with Crippen LogP contribution in [-0.2, 0) is 0 Å². The summed E-state index contributed by atoms with van der Waals surface area (Å²) in [6.45, 7) is 4.75. The number of hydrogen-bond donors (Lipinski definition) is 2. The highest BCUT2D eigenvalue weighted by atomic mass is 16.3. The second kappa shape index (κ2) is 2.21. The number of aliphatic hydroxyl groups is 1. The van der Waals surface area contributed by atoms with Gasteiger partial charge in [-0.15, -0.1) is 0 Å². The van der Waals surface area contributed by atoms with Gasteiger partial charge < -0.3 is 10.4 Å². The molecule has 1 saturated carbocycles. The molecule has 2 nitrogen and oxygen atoms in total. The molecule has 0 amide bonds. The zero-order valence-electron chi connectivity index (χ0n) is 7.07. The van der Waals surface area contributed by atoms with Gasteiger partial charge in [-0.3, -0.25) is 0 Å². The summed E-state index contributed by atoms with van der Waals surface area (Å²) in [5.74, 6) is 0. The van der Waals surface area contributed by atoms with Crippen molar-refractivity contribution < 1.29 is 5.11 Å². The van der Waals surface area contributed by atoms with E-state index in [9.17, 15) is 5.11 Å². The third-order valence-corrected chi connectivity index (χ3v) is 2.82. The van der Waals surface area contributed by atoms with E-state index in [1.54, 1.807) is 0 Å². The van der Waals surface area contributed by atoms with Gasteiger partial charge in [-0.25, -0.2) is 0 Å². The van der Waals surface area contributed by atoms with Crippen LogP contribution in [0.5, 0.6) is 0 Å². The lowest BCUT2D eigenvalue weighted by molar-refractivity contribution is -0.00475. The fraction of sp³-hybridized carbons (Fsp3) is 1.00. The normalized spacial score (nSPS) is 27.6. The zero-order chi connectivity index (χ0) is 7.83. The molecular formula is C8H17NO. The first-order chi connectivity index (χ1) is 4.52. The summed E-state index contributed by atoms with van der Waals surface area (Å²) in [4.78, 5) is 0. The van der Waals surface area contributed by atoms with Crippen molar-refractivity contribution in [2.75, 3.05) is 13.6 Å². The molecule has 10 heavy (non-hydrogen) atoms. The maximum Gasteiger partial charge on any atom is 0.0796 e. The molecule has 1 atom stereocenters. The monoisotopic (exact) mass is 143 g/mol. The fourth-order valence-electron chi connectivity index (χ4n) is 1.28. The Morgan fingerprint density at radius 2 is 2.10 bits per heavy atom. The number of likely N-dealkylation sites (N-methyl/N-ethyl adjacent to an activating group) is 1. The van der Waals surface area contributed by atoms with Gasteiger partial charge in [0.05, 0.1) is 5.60 Å². The van der Waals surface area contributed by atoms with Crippen LogP contribution in [0.25, 0.3) is 0 Å². The fourth-order valence-corrected chi connectivity index (χ4v) is 1.28. The quantitative estimate of drug-likeness (QED) is 0.611. The summed E-state index contributed by atoms with van der Waals surface area (Å²) in [7, 11) is 1.88. The molecule has 2 heteroatoms. The van der Waals surface area contributed by atoms with Crippen molar-refractivity contribution in [3.05, 3.63) is 0 Å². The van der Waals surface area contributed by atoms with Crippen molar-refractivity contribution in [2.24, 2.45) is 5.41 Å². The molecule has 1 aliphatic rings. The standard InChI is InChI=1S/C8H17NO/c1-7(4-5-7)8(2,10)6-9-3/h9-10H,4-6H2,1-3H3. The van der Waals surface area contributed by atoms with Gasteiger partial charge in [-0.1, -0.05) is 6.92 Å². The molecule has 0 bridgehead atoms. The van der Waals surface area contributed by atoms with Gasteiger partial charge in [0.2, 0.25) is 0 Å². The highest BCUT2D eigenvalue weighted by Gasteiger charge is 2.51. The summed E-state index contributed by atoms with van der Waals surface area (Å²) in [5, 5.41) is 12.9. The highest BCUT2D eigenvalue weighted by Crippen LogP contribution is 2.53. The van der Waals surface area contributed by atoms with Crippen LogP contribution in [0, 0.1) is 5.41 Å². The van der Waals surface area contributed by atoms with E-state index in [-0.39, 0.29) is 5.41 Å². The van der Waals surface area contributed by atoms with Crippen molar-refractivity contribution in [1.82, 2.24) is 5.32 Å². The number of hydrogen-bond acceptors (Lipinski definition) is 2. The van der Waals surface area contributed by atoms with E-state index in [0.29, 0.717) is 6.54 Å². The molecule has 1 unspecified atom stereocenters. The molecule has 0 spiro atoms. The topological polar surface area (TPSA) is 32.3 Å². The Morgan fingerprint density at radius 1 is 1.60 bits per heavy atom. The van der Waals surface area contributed by atoms with Crippen molar-refractivity contribution in [3.8, 4) is 0 Å². The predicted molar refractivity (Wildman–Crippen MR) is 41.9 cm³/mol. The van der Waals surface area contributed by atoms with E-state index in [1.165, 1.54) is 12.8 Å². The minimum absolute atomic E-state index is 0.190. The molecule has 0 aromatic heterocycles. The molecule has 0 aromatic rings. The molecule has 1 fully saturated rings. The van der Waals surface area contributed by atoms with Crippen molar-refractivity contribution in [1.29, 1.82) is 0 Å². The molecule has 60 valence electrons. The molecule has 2 N–H and O–H groups in total. The second-order valence-corrected chi connectivity index (χ2v) is 3.86. The molecule has 1 aliphatic carbocycles. The minimum Gasteiger partial charge on any atom is -0.388 e. The van der Waals surface area contributed by atoms with E-state index in [4.69, 9.17) is 0 Å². The summed E-state index contributed by atoms with van der Waals surface area (Å²) in [6, 6.07) is 0. The first-order valence-corrected chi connectivity index (χ1v) is 3.89. The molecule has 0 aliphatic heterocycles. The minimum atomic E-state index is -0.512. The van der Waals surface area contributed by atoms with Gasteiger partial charge >= 0.3 is 0 Å². The maximum absolute atomic E-state index is 9.85. The van der Waals surface area contributed by atoms with Crippen molar-refractivity contribution in [2.45, 2.75) is 32.3 Å². The van der Waals surface area contributed by atoms with Crippen LogP contribution in [0.1, 0.15) is 26.7 Å². The van der Waals surface area contributed by atoms with Crippen LogP contribution in [0.2, 0.25) is 0 Å². The van der Waals surface area contributed by atoms with Crippen LogP contribution >= 0.6 is 0 Å². The lowest BCUT2D eigenvalue weighted by Crippen LogP contribution is -2.43. The Balaban J connectivity index is 2.50. The Hall–Kier alpha value is -0.0800. The maximum atomic E-state index is 9.85. The average Bonchev–Trinajstić information content (AvgIpc) is 2.49. The van der Waals surface area contributed by atoms with E-state index < -0.39 is 5.60 Å². The van der Waals surface area contributed by atoms with Gasteiger partial charge in [0, 0.05) is 6.54 Å². The first-order valence-electron chi connectivity index (χ1n) is 3.89. The third kappa shape index (κ3) is 1.18. The van der Waals surface area contributed by atoms with Crippen LogP contribution in [0.15, 0.2) is 0 Å². The summed E-state index contributed by atoms with van der Waals surface area (Å²) >= 11 is 0. The zero-order valence-corrected chi connectivity index (χ0v) is 7.07. The van der Waals surface area contributed by atoms with E-state index >= 15 is 0 Å². The lowest BCUT2D eigenvalue weighted by atomic mass is 9.88. The summed E-state index contributed by atoms with van der Waals surface area (Å²) in [6.07, 6.45) is 2.34. The van der Waals surface area contributed by atoms with Crippen LogP contribution in [0.3, 0.4) is 0 Å². The summed E-state index contributed by atoms with van der Waals surface area (Å²) in [5.41, 5.74) is -0.322. The Morgan fingerprint density at radius 3 is 2.40 bits per heavy atom. The van der Waals surface area contributed by atoms with Gasteiger partial charge in [0.25, 0.3) is 0 Å². The first kappa shape index (κ1) is 8.02. The summed E-state index contributed by atoms with van der Waals surface area (Å²) < 4.78 is 0. The van der Waals surface area contributed by atoms with Gasteiger partial charge in [0.1, 0.15) is 0 Å². The SMILES string of the molecule is CNCC(C)(O)C1(C)CC1. The largest absolute Gasteiger partial charge is 0.388 e. The Labute approximate surface area is 62.6 Å². The van der Waals surface area contributed by atoms with Gasteiger partial charge in [-0.05, 0) is 32.2 Å². The van der Waals surface area contributed by atoms with E-state index in [2.05, 4.69) is 12.2 Å². The van der Waals surface area contributed by atoms with Crippen molar-refractivity contribution in [3.63, 3.8) is 0 Å². The van der Waals surface area contributed by atoms with Crippen molar-refractivity contribution >= 4 is 0 Å². The lowest BCUT2D eigenvalue weighted by Gasteiger charge is -2.30. The molecule has 0 heterocycles. The molecular weight excluding hydrogens is 126 g/mol. The number of nitrogens with one attached hydrogen (secondary N) is 1. The smallest absolute Gasteiger partial charge is 0.0796 e.